The van der Waals surface area contributed by atoms with Crippen molar-refractivity contribution >= 4 is 30.1 Å². The zero-order valence-corrected chi connectivity index (χ0v) is 9.21. The van der Waals surface area contributed by atoms with Crippen molar-refractivity contribution in [1.29, 1.82) is 0 Å². The van der Waals surface area contributed by atoms with Gasteiger partial charge in [-0.15, -0.1) is 0 Å². The molecule has 76 valence electrons. The van der Waals surface area contributed by atoms with Crippen LogP contribution in [-0.2, 0) is 30.1 Å². The lowest BCUT2D eigenvalue weighted by atomic mass is 10.6. The summed E-state index contributed by atoms with van der Waals surface area (Å²) in [5, 5.41) is 0. The third-order valence-electron chi connectivity index (χ3n) is 0.462. The fraction of sp³-hybridized carbons (Fsp3) is 1.00. The standard InChI is InChI=1S/C3H8O3S.CH4O2S2/c1-2-3-7(4,5)6;1-5(2,3)4/h2-3H2,1H3,(H,4,5,6);1H3,(H,2,3,4). The van der Waals surface area contributed by atoms with Gasteiger partial charge in [-0.1, -0.05) is 6.92 Å². The Labute approximate surface area is 77.4 Å². The Hall–Kier alpha value is 0.240. The van der Waals surface area contributed by atoms with Gasteiger partial charge in [-0.2, -0.15) is 8.42 Å². The van der Waals surface area contributed by atoms with Crippen LogP contribution in [0.1, 0.15) is 13.3 Å². The molecule has 1 atom stereocenters. The molecular formula is C4H12O5S3. The minimum absolute atomic E-state index is 0.132. The van der Waals surface area contributed by atoms with Crippen molar-refractivity contribution in [3.63, 3.8) is 0 Å². The van der Waals surface area contributed by atoms with Crippen LogP contribution in [0.5, 0.6) is 0 Å². The highest BCUT2D eigenvalue weighted by Gasteiger charge is 1.98. The fourth-order valence-electron chi connectivity index (χ4n) is 0.258. The predicted molar refractivity (Wildman–Crippen MR) is 50.8 cm³/mol. The Morgan fingerprint density at radius 3 is 1.50 bits per heavy atom. The van der Waals surface area contributed by atoms with Crippen molar-refractivity contribution in [2.45, 2.75) is 13.3 Å². The topological polar surface area (TPSA) is 91.7 Å². The van der Waals surface area contributed by atoms with Gasteiger partial charge in [0.05, 0.1) is 5.75 Å². The van der Waals surface area contributed by atoms with Gasteiger partial charge in [0.2, 0.25) is 0 Å². The summed E-state index contributed by atoms with van der Waals surface area (Å²) in [7, 11) is -6.51. The molecule has 0 aromatic rings. The Morgan fingerprint density at radius 2 is 1.50 bits per heavy atom. The first kappa shape index (κ1) is 14.7. The van der Waals surface area contributed by atoms with Crippen LogP contribution in [-0.4, -0.2) is 33.7 Å². The molecular weight excluding hydrogens is 224 g/mol. The van der Waals surface area contributed by atoms with E-state index < -0.39 is 18.9 Å². The van der Waals surface area contributed by atoms with Crippen LogP contribution in [0, 0.1) is 0 Å². The molecule has 0 aromatic carbocycles. The molecule has 1 unspecified atom stereocenters. The van der Waals surface area contributed by atoms with Crippen LogP contribution in [0.25, 0.3) is 0 Å². The van der Waals surface area contributed by atoms with E-state index in [0.717, 1.165) is 6.26 Å². The molecule has 0 aliphatic rings. The molecule has 0 amide bonds. The van der Waals surface area contributed by atoms with Crippen LogP contribution < -0.4 is 0 Å². The summed E-state index contributed by atoms with van der Waals surface area (Å²) < 4.78 is 45.0. The second kappa shape index (κ2) is 5.81. The third-order valence-corrected chi connectivity index (χ3v) is 1.39. The van der Waals surface area contributed by atoms with Gasteiger partial charge in [-0.05, 0) is 6.42 Å². The summed E-state index contributed by atoms with van der Waals surface area (Å²) in [6.45, 7) is 1.69. The normalized spacial score (nSPS) is 15.7. The molecule has 12 heavy (non-hydrogen) atoms. The molecule has 0 saturated carbocycles. The largest absolute Gasteiger partial charge is 0.306 e. The van der Waals surface area contributed by atoms with E-state index in [0.29, 0.717) is 6.42 Å². The lowest BCUT2D eigenvalue weighted by Crippen LogP contribution is -2.01. The summed E-state index contributed by atoms with van der Waals surface area (Å²) in [6, 6.07) is 0. The minimum atomic E-state index is -3.67. The van der Waals surface area contributed by atoms with Gasteiger partial charge in [-0.3, -0.25) is 4.55 Å². The molecule has 0 heterocycles. The quantitative estimate of drug-likeness (QED) is 0.662. The molecule has 0 spiro atoms. The molecule has 0 aliphatic heterocycles. The molecule has 2 N–H and O–H groups in total. The van der Waals surface area contributed by atoms with E-state index in [9.17, 15) is 12.6 Å². The fourth-order valence-corrected chi connectivity index (χ4v) is 0.774. The van der Waals surface area contributed by atoms with Gasteiger partial charge >= 0.3 is 0 Å². The summed E-state index contributed by atoms with van der Waals surface area (Å²) >= 11 is 3.91. The van der Waals surface area contributed by atoms with Crippen molar-refractivity contribution < 1.29 is 21.7 Å². The summed E-state index contributed by atoms with van der Waals surface area (Å²) in [6.07, 6.45) is 1.56. The van der Waals surface area contributed by atoms with E-state index in [1.54, 1.807) is 6.92 Å². The van der Waals surface area contributed by atoms with Crippen molar-refractivity contribution in [2.75, 3.05) is 12.0 Å². The molecule has 0 aliphatic carbocycles. The summed E-state index contributed by atoms with van der Waals surface area (Å²) in [5.74, 6) is -0.132. The molecule has 0 radical (unpaired) electrons. The van der Waals surface area contributed by atoms with Gasteiger partial charge in [0.15, 0.2) is 0 Å². The SMILES string of the molecule is CCCS(=O)(=O)O.CS(=O)(O)=S. The second-order valence-electron chi connectivity index (χ2n) is 2.02. The number of rotatable bonds is 2. The zero-order valence-electron chi connectivity index (χ0n) is 6.76. The van der Waals surface area contributed by atoms with E-state index in [-0.39, 0.29) is 5.75 Å². The van der Waals surface area contributed by atoms with Crippen LogP contribution in [0.15, 0.2) is 0 Å². The Balaban J connectivity index is 0. The van der Waals surface area contributed by atoms with E-state index in [2.05, 4.69) is 11.2 Å². The van der Waals surface area contributed by atoms with E-state index >= 15 is 0 Å². The molecule has 0 fully saturated rings. The smallest absolute Gasteiger partial charge is 0.264 e. The van der Waals surface area contributed by atoms with Crippen molar-refractivity contribution in [2.24, 2.45) is 0 Å². The Bertz CT molecular complexity index is 279. The highest BCUT2D eigenvalue weighted by Crippen LogP contribution is 1.83. The molecule has 0 aromatic heterocycles. The Kier molecular flexibility index (Phi) is 7.14. The van der Waals surface area contributed by atoms with E-state index in [1.807, 2.05) is 0 Å². The minimum Gasteiger partial charge on any atom is -0.306 e. The maximum atomic E-state index is 9.79. The first-order valence-electron chi connectivity index (χ1n) is 2.94. The lowest BCUT2D eigenvalue weighted by Gasteiger charge is -1.85. The second-order valence-corrected chi connectivity index (χ2v) is 6.91. The maximum absolute atomic E-state index is 9.79. The zero-order chi connectivity index (χ0) is 10.4. The average Bonchev–Trinajstić information content (AvgIpc) is 1.54. The van der Waals surface area contributed by atoms with Gasteiger partial charge in [0.25, 0.3) is 10.1 Å². The van der Waals surface area contributed by atoms with Gasteiger partial charge in [0.1, 0.15) is 8.77 Å². The average molecular weight is 236 g/mol. The molecule has 0 saturated heterocycles. The Morgan fingerprint density at radius 1 is 1.25 bits per heavy atom. The van der Waals surface area contributed by atoms with Crippen LogP contribution in [0.3, 0.4) is 0 Å². The van der Waals surface area contributed by atoms with Crippen LogP contribution in [0.2, 0.25) is 0 Å². The van der Waals surface area contributed by atoms with Crippen molar-refractivity contribution in [3.05, 3.63) is 0 Å². The first-order valence-corrected chi connectivity index (χ1v) is 7.39. The van der Waals surface area contributed by atoms with Gasteiger partial charge in [0, 0.05) is 17.4 Å². The van der Waals surface area contributed by atoms with E-state index in [1.165, 1.54) is 0 Å². The molecule has 0 bridgehead atoms. The molecule has 0 rings (SSSR count). The van der Waals surface area contributed by atoms with E-state index in [4.69, 9.17) is 9.11 Å². The summed E-state index contributed by atoms with van der Waals surface area (Å²) in [5.41, 5.74) is 0. The highest BCUT2D eigenvalue weighted by molar-refractivity contribution is 8.29. The predicted octanol–water partition coefficient (Wildman–Crippen LogP) is 0.120. The van der Waals surface area contributed by atoms with Crippen molar-refractivity contribution in [3.8, 4) is 0 Å². The van der Waals surface area contributed by atoms with Crippen LogP contribution in [0.4, 0.5) is 0 Å². The van der Waals surface area contributed by atoms with Crippen molar-refractivity contribution in [1.82, 2.24) is 0 Å². The third kappa shape index (κ3) is 48.6. The number of hydrogen-bond donors (Lipinski definition) is 2. The lowest BCUT2D eigenvalue weighted by molar-refractivity contribution is 0.482. The van der Waals surface area contributed by atoms with Gasteiger partial charge < -0.3 is 4.55 Å². The molecule has 8 heteroatoms. The highest BCUT2D eigenvalue weighted by atomic mass is 32.8. The summed E-state index contributed by atoms with van der Waals surface area (Å²) in [4.78, 5) is 0. The van der Waals surface area contributed by atoms with Gasteiger partial charge in [-0.25, -0.2) is 4.21 Å². The van der Waals surface area contributed by atoms with Crippen LogP contribution >= 0.6 is 0 Å². The number of hydrogen-bond acceptors (Lipinski definition) is 4. The maximum Gasteiger partial charge on any atom is 0.264 e. The molecule has 5 nitrogen and oxygen atoms in total. The first-order chi connectivity index (χ1) is 5.06. The monoisotopic (exact) mass is 236 g/mol.